The molecule has 0 aliphatic heterocycles. The Morgan fingerprint density at radius 2 is 1.33 bits per heavy atom. The van der Waals surface area contributed by atoms with Gasteiger partial charge in [-0.1, -0.05) is 48.5 Å². The molecule has 0 radical (unpaired) electrons. The first-order valence-electron chi connectivity index (χ1n) is 15.8. The summed E-state index contributed by atoms with van der Waals surface area (Å²) < 4.78 is 5.90. The van der Waals surface area contributed by atoms with Crippen molar-refractivity contribution in [2.75, 3.05) is 19.7 Å². The molecule has 1 atom stereocenters. The molecule has 0 rings (SSSR count). The number of nitrogens with two attached hydrogens (primary N) is 2. The Bertz CT molecular complexity index is 992. The van der Waals surface area contributed by atoms with Gasteiger partial charge in [-0.15, -0.1) is 0 Å². The molecule has 0 aromatic heterocycles. The van der Waals surface area contributed by atoms with Gasteiger partial charge in [-0.25, -0.2) is 0 Å². The summed E-state index contributed by atoms with van der Waals surface area (Å²) in [6, 6.07) is -1.06. The van der Waals surface area contributed by atoms with Gasteiger partial charge in [-0.3, -0.25) is 33.6 Å². The zero-order valence-electron chi connectivity index (χ0n) is 28.9. The SMILES string of the molecule is CC(C)C(=O)CCCCNC(=O)CNC(=O)C(CCC(N)=O)NC(=O)C(C)(C)CCOC(C)(C)CC(=O)C(C)C.CCC(N)=O. The van der Waals surface area contributed by atoms with Crippen molar-refractivity contribution in [3.8, 4) is 0 Å². The van der Waals surface area contributed by atoms with Crippen molar-refractivity contribution in [2.45, 2.75) is 125 Å². The largest absolute Gasteiger partial charge is 0.375 e. The number of amides is 5. The molecule has 0 fully saturated rings. The third-order valence-corrected chi connectivity index (χ3v) is 6.97. The molecule has 0 aliphatic carbocycles. The van der Waals surface area contributed by atoms with E-state index < -0.39 is 40.7 Å². The van der Waals surface area contributed by atoms with Gasteiger partial charge in [0.1, 0.15) is 17.6 Å². The Balaban J connectivity index is 0. The third-order valence-electron chi connectivity index (χ3n) is 6.97. The number of ketones is 2. The van der Waals surface area contributed by atoms with Crippen LogP contribution in [0.2, 0.25) is 0 Å². The smallest absolute Gasteiger partial charge is 0.243 e. The van der Waals surface area contributed by atoms with Crippen molar-refractivity contribution in [3.05, 3.63) is 0 Å². The number of Topliss-reactive ketones (excluding diaryl/α,β-unsaturated/α-hetero) is 2. The van der Waals surface area contributed by atoms with E-state index in [9.17, 15) is 33.6 Å². The van der Waals surface area contributed by atoms with Gasteiger partial charge < -0.3 is 32.2 Å². The predicted molar refractivity (Wildman–Crippen MR) is 172 cm³/mol. The molecule has 45 heavy (non-hydrogen) atoms. The first kappa shape index (κ1) is 43.8. The lowest BCUT2D eigenvalue weighted by molar-refractivity contribution is -0.137. The Kier molecular flexibility index (Phi) is 21.6. The van der Waals surface area contributed by atoms with Crippen molar-refractivity contribution < 1.29 is 38.3 Å². The number of nitrogens with one attached hydrogen (secondary N) is 3. The van der Waals surface area contributed by atoms with Gasteiger partial charge in [0.2, 0.25) is 29.5 Å². The Morgan fingerprint density at radius 1 is 0.778 bits per heavy atom. The average Bonchev–Trinajstić information content (AvgIpc) is 2.92. The van der Waals surface area contributed by atoms with Gasteiger partial charge in [-0.2, -0.15) is 0 Å². The molecule has 0 aromatic rings. The molecule has 0 heterocycles. The summed E-state index contributed by atoms with van der Waals surface area (Å²) in [6.45, 7) is 16.5. The number of carbonyl (C=O) groups excluding carboxylic acids is 7. The van der Waals surface area contributed by atoms with Gasteiger partial charge in [0.15, 0.2) is 0 Å². The molecule has 260 valence electrons. The van der Waals surface area contributed by atoms with Crippen LogP contribution in [0.1, 0.15) is 114 Å². The summed E-state index contributed by atoms with van der Waals surface area (Å²) in [6.07, 6.45) is 2.66. The Morgan fingerprint density at radius 3 is 1.82 bits per heavy atom. The minimum Gasteiger partial charge on any atom is -0.375 e. The summed E-state index contributed by atoms with van der Waals surface area (Å²) >= 11 is 0. The molecule has 0 saturated carbocycles. The lowest BCUT2D eigenvalue weighted by atomic mass is 9.87. The number of primary amides is 2. The fraction of sp³-hybridized carbons (Fsp3) is 0.781. The number of ether oxygens (including phenoxy) is 1. The molecule has 0 spiro atoms. The number of carbonyl (C=O) groups is 7. The van der Waals surface area contributed by atoms with Crippen molar-refractivity contribution in [2.24, 2.45) is 28.7 Å². The topological polar surface area (TPSA) is 217 Å². The van der Waals surface area contributed by atoms with E-state index in [-0.39, 0.29) is 61.7 Å². The number of unbranched alkanes of at least 4 members (excludes halogenated alkanes) is 1. The fourth-order valence-electron chi connectivity index (χ4n) is 3.57. The maximum Gasteiger partial charge on any atom is 0.243 e. The van der Waals surface area contributed by atoms with Crippen LogP contribution >= 0.6 is 0 Å². The molecule has 1 unspecified atom stereocenters. The van der Waals surface area contributed by atoms with Gasteiger partial charge in [0.05, 0.1) is 12.1 Å². The molecule has 0 saturated heterocycles. The Hall–Kier alpha value is -3.35. The molecule has 5 amide bonds. The highest BCUT2D eigenvalue weighted by molar-refractivity contribution is 5.92. The zero-order chi connectivity index (χ0) is 35.4. The van der Waals surface area contributed by atoms with E-state index in [2.05, 4.69) is 21.7 Å². The van der Waals surface area contributed by atoms with Gasteiger partial charge in [-0.05, 0) is 39.5 Å². The second-order valence-corrected chi connectivity index (χ2v) is 13.0. The van der Waals surface area contributed by atoms with Crippen LogP contribution in [-0.4, -0.2) is 72.4 Å². The van der Waals surface area contributed by atoms with Crippen LogP contribution in [-0.2, 0) is 38.3 Å². The second-order valence-electron chi connectivity index (χ2n) is 13.0. The fourth-order valence-corrected chi connectivity index (χ4v) is 3.57. The van der Waals surface area contributed by atoms with E-state index in [4.69, 9.17) is 10.5 Å². The van der Waals surface area contributed by atoms with E-state index >= 15 is 0 Å². The highest BCUT2D eigenvalue weighted by atomic mass is 16.5. The first-order chi connectivity index (χ1) is 20.6. The van der Waals surface area contributed by atoms with E-state index in [1.54, 1.807) is 20.8 Å². The normalized spacial score (nSPS) is 12.1. The highest BCUT2D eigenvalue weighted by Gasteiger charge is 2.33. The van der Waals surface area contributed by atoms with Crippen LogP contribution in [0.25, 0.3) is 0 Å². The summed E-state index contributed by atoms with van der Waals surface area (Å²) in [5, 5.41) is 7.86. The van der Waals surface area contributed by atoms with Gasteiger partial charge in [0, 0.05) is 56.1 Å². The first-order valence-corrected chi connectivity index (χ1v) is 15.8. The van der Waals surface area contributed by atoms with Crippen LogP contribution in [0, 0.1) is 17.3 Å². The lowest BCUT2D eigenvalue weighted by Gasteiger charge is -2.30. The van der Waals surface area contributed by atoms with Crippen molar-refractivity contribution >= 4 is 41.1 Å². The molecule has 0 aliphatic rings. The van der Waals surface area contributed by atoms with E-state index in [0.717, 1.165) is 0 Å². The second kappa shape index (κ2) is 22.2. The summed E-state index contributed by atoms with van der Waals surface area (Å²) in [5.74, 6) is -2.12. The standard InChI is InChI=1S/C29H52N4O7.C3H7NO/c1-19(2)22(34)11-9-10-15-31-25(37)18-32-26(38)21(12-13-24(30)36)33-27(39)28(5,6)14-16-40-29(7,8)17-23(35)20(3)4;1-2-3(4)5/h19-21H,9-18H2,1-8H3,(H2,30,36)(H,31,37)(H,32,38)(H,33,39);2H2,1H3,(H2,4,5). The van der Waals surface area contributed by atoms with E-state index in [1.807, 2.05) is 41.5 Å². The third kappa shape index (κ3) is 22.8. The minimum atomic E-state index is -1.06. The quantitative estimate of drug-likeness (QED) is 0.110. The monoisotopic (exact) mass is 641 g/mol. The van der Waals surface area contributed by atoms with Gasteiger partial charge in [0.25, 0.3) is 0 Å². The average molecular weight is 642 g/mol. The van der Waals surface area contributed by atoms with Crippen LogP contribution in [0.4, 0.5) is 0 Å². The lowest BCUT2D eigenvalue weighted by Crippen LogP contribution is -2.52. The van der Waals surface area contributed by atoms with E-state index in [0.29, 0.717) is 38.6 Å². The summed E-state index contributed by atoms with van der Waals surface area (Å²) in [4.78, 5) is 82.6. The predicted octanol–water partition coefficient (Wildman–Crippen LogP) is 2.07. The van der Waals surface area contributed by atoms with Crippen LogP contribution < -0.4 is 27.4 Å². The Labute approximate surface area is 269 Å². The minimum absolute atomic E-state index is 0.00892. The van der Waals surface area contributed by atoms with Crippen LogP contribution in [0.15, 0.2) is 0 Å². The number of hydrogen-bond donors (Lipinski definition) is 5. The molecule has 13 nitrogen and oxygen atoms in total. The molecule has 0 aromatic carbocycles. The molecule has 0 bridgehead atoms. The van der Waals surface area contributed by atoms with Crippen molar-refractivity contribution in [1.82, 2.24) is 16.0 Å². The van der Waals surface area contributed by atoms with Gasteiger partial charge >= 0.3 is 0 Å². The number of rotatable bonds is 22. The molecular weight excluding hydrogens is 582 g/mol. The summed E-state index contributed by atoms with van der Waals surface area (Å²) in [7, 11) is 0. The molecule has 7 N–H and O–H groups in total. The van der Waals surface area contributed by atoms with Crippen molar-refractivity contribution in [3.63, 3.8) is 0 Å². The summed E-state index contributed by atoms with van der Waals surface area (Å²) in [5.41, 5.74) is 8.30. The maximum atomic E-state index is 13.1. The zero-order valence-corrected chi connectivity index (χ0v) is 28.9. The van der Waals surface area contributed by atoms with Crippen molar-refractivity contribution in [1.29, 1.82) is 0 Å². The molecular formula is C32H59N5O8. The van der Waals surface area contributed by atoms with Crippen LogP contribution in [0.3, 0.4) is 0 Å². The number of hydrogen-bond acceptors (Lipinski definition) is 8. The maximum absolute atomic E-state index is 13.1. The highest BCUT2D eigenvalue weighted by Crippen LogP contribution is 2.24. The van der Waals surface area contributed by atoms with Crippen LogP contribution in [0.5, 0.6) is 0 Å². The van der Waals surface area contributed by atoms with E-state index in [1.165, 1.54) is 0 Å². The molecule has 13 heteroatoms.